The lowest BCUT2D eigenvalue weighted by Crippen LogP contribution is -2.37. The van der Waals surface area contributed by atoms with Gasteiger partial charge in [-0.1, -0.05) is 0 Å². The van der Waals surface area contributed by atoms with E-state index in [1.54, 1.807) is 25.1 Å². The molecule has 1 saturated heterocycles. The van der Waals surface area contributed by atoms with Gasteiger partial charge in [-0.3, -0.25) is 4.90 Å². The largest absolute Gasteiger partial charge is 0.493 e. The van der Waals surface area contributed by atoms with Gasteiger partial charge in [-0.05, 0) is 44.0 Å². The average Bonchev–Trinajstić information content (AvgIpc) is 3.39. The number of rotatable bonds is 7. The molecule has 0 bridgehead atoms. The lowest BCUT2D eigenvalue weighted by Gasteiger charge is -2.26. The Bertz CT molecular complexity index is 1290. The Kier molecular flexibility index (Phi) is 5.90. The number of morpholine rings is 1. The normalized spacial score (nSPS) is 14.9. The smallest absolute Gasteiger partial charge is 0.182 e. The fraction of sp³-hybridized carbons (Fsp3) is 0.458. The maximum absolute atomic E-state index is 5.46. The van der Waals surface area contributed by atoms with Crippen LogP contribution in [0, 0.1) is 13.8 Å². The predicted molar refractivity (Wildman–Crippen MR) is 126 cm³/mol. The standard InChI is InChI=1S/C24H30N6O3/c1-16-17(2)29(9-5-8-28-10-12-33-13-11-28)23-21(16)24-26-22(27-30(24)15-25-23)18-6-7-19(31-3)20(14-18)32-4/h6-7,14-15H,5,8-13H2,1-4H3. The van der Waals surface area contributed by atoms with Gasteiger partial charge in [0.05, 0.1) is 32.8 Å². The average molecular weight is 451 g/mol. The minimum Gasteiger partial charge on any atom is -0.493 e. The molecule has 4 aromatic rings. The summed E-state index contributed by atoms with van der Waals surface area (Å²) in [6.45, 7) is 9.99. The van der Waals surface area contributed by atoms with Gasteiger partial charge in [-0.15, -0.1) is 5.10 Å². The number of aromatic nitrogens is 5. The van der Waals surface area contributed by atoms with Crippen LogP contribution in [0.25, 0.3) is 28.1 Å². The second-order valence-corrected chi connectivity index (χ2v) is 8.39. The predicted octanol–water partition coefficient (Wildman–Crippen LogP) is 3.10. The van der Waals surface area contributed by atoms with Crippen molar-refractivity contribution < 1.29 is 14.2 Å². The molecule has 0 N–H and O–H groups in total. The minimum atomic E-state index is 0.627. The zero-order valence-electron chi connectivity index (χ0n) is 19.7. The van der Waals surface area contributed by atoms with E-state index in [9.17, 15) is 0 Å². The molecule has 174 valence electrons. The summed E-state index contributed by atoms with van der Waals surface area (Å²) in [5.41, 5.74) is 5.07. The van der Waals surface area contributed by atoms with E-state index in [-0.39, 0.29) is 0 Å². The molecule has 0 atom stereocenters. The lowest BCUT2D eigenvalue weighted by atomic mass is 10.2. The van der Waals surface area contributed by atoms with Crippen LogP contribution in [-0.2, 0) is 11.3 Å². The van der Waals surface area contributed by atoms with Crippen LogP contribution in [0.4, 0.5) is 0 Å². The molecule has 1 aliphatic rings. The third-order valence-electron chi connectivity index (χ3n) is 6.55. The van der Waals surface area contributed by atoms with Crippen LogP contribution in [-0.4, -0.2) is 76.1 Å². The highest BCUT2D eigenvalue weighted by molar-refractivity contribution is 5.94. The molecule has 5 rings (SSSR count). The Morgan fingerprint density at radius 2 is 1.79 bits per heavy atom. The van der Waals surface area contributed by atoms with Crippen molar-refractivity contribution in [1.82, 2.24) is 29.0 Å². The number of nitrogens with zero attached hydrogens (tertiary/aromatic N) is 6. The first-order valence-corrected chi connectivity index (χ1v) is 11.3. The van der Waals surface area contributed by atoms with Gasteiger partial charge in [0.15, 0.2) is 23.0 Å². The second-order valence-electron chi connectivity index (χ2n) is 8.39. The van der Waals surface area contributed by atoms with E-state index in [1.807, 2.05) is 18.2 Å². The van der Waals surface area contributed by atoms with Crippen LogP contribution in [0.3, 0.4) is 0 Å². The van der Waals surface area contributed by atoms with Gasteiger partial charge in [-0.2, -0.15) is 0 Å². The van der Waals surface area contributed by atoms with E-state index in [0.717, 1.165) is 68.1 Å². The van der Waals surface area contributed by atoms with Crippen LogP contribution in [0.5, 0.6) is 11.5 Å². The van der Waals surface area contributed by atoms with Gasteiger partial charge in [-0.25, -0.2) is 14.5 Å². The summed E-state index contributed by atoms with van der Waals surface area (Å²) < 4.78 is 20.3. The fourth-order valence-corrected chi connectivity index (χ4v) is 4.58. The molecule has 0 amide bonds. The van der Waals surface area contributed by atoms with Crippen molar-refractivity contribution in [3.8, 4) is 22.9 Å². The summed E-state index contributed by atoms with van der Waals surface area (Å²) in [7, 11) is 3.25. The Morgan fingerprint density at radius 1 is 1.00 bits per heavy atom. The zero-order valence-corrected chi connectivity index (χ0v) is 19.7. The van der Waals surface area contributed by atoms with Crippen LogP contribution < -0.4 is 9.47 Å². The number of fused-ring (bicyclic) bond motifs is 3. The lowest BCUT2D eigenvalue weighted by molar-refractivity contribution is 0.0369. The summed E-state index contributed by atoms with van der Waals surface area (Å²) in [6.07, 6.45) is 2.83. The number of aryl methyl sites for hydroxylation is 2. The van der Waals surface area contributed by atoms with Gasteiger partial charge in [0, 0.05) is 37.4 Å². The Hall–Kier alpha value is -3.17. The topological polar surface area (TPSA) is 78.9 Å². The van der Waals surface area contributed by atoms with Crippen molar-refractivity contribution >= 4 is 16.7 Å². The monoisotopic (exact) mass is 450 g/mol. The van der Waals surface area contributed by atoms with Crippen molar-refractivity contribution in [2.24, 2.45) is 0 Å². The highest BCUT2D eigenvalue weighted by atomic mass is 16.5. The molecule has 9 heteroatoms. The van der Waals surface area contributed by atoms with Crippen molar-refractivity contribution in [2.75, 3.05) is 47.1 Å². The molecule has 3 aromatic heterocycles. The van der Waals surface area contributed by atoms with Gasteiger partial charge in [0.25, 0.3) is 0 Å². The molecule has 0 radical (unpaired) electrons. The summed E-state index contributed by atoms with van der Waals surface area (Å²) >= 11 is 0. The van der Waals surface area contributed by atoms with Crippen molar-refractivity contribution in [3.05, 3.63) is 35.8 Å². The molecular formula is C24H30N6O3. The second kappa shape index (κ2) is 8.99. The molecule has 1 aromatic carbocycles. The Morgan fingerprint density at radius 3 is 2.55 bits per heavy atom. The summed E-state index contributed by atoms with van der Waals surface area (Å²) in [6, 6.07) is 5.71. The highest BCUT2D eigenvalue weighted by Gasteiger charge is 2.19. The third-order valence-corrected chi connectivity index (χ3v) is 6.55. The van der Waals surface area contributed by atoms with Gasteiger partial charge >= 0.3 is 0 Å². The SMILES string of the molecule is COc1ccc(-c2nc3c4c(C)c(C)n(CCCN5CCOCC5)c4ncn3n2)cc1OC. The minimum absolute atomic E-state index is 0.627. The van der Waals surface area contributed by atoms with E-state index in [1.165, 1.54) is 11.3 Å². The van der Waals surface area contributed by atoms with E-state index in [4.69, 9.17) is 24.2 Å². The van der Waals surface area contributed by atoms with Crippen molar-refractivity contribution in [1.29, 1.82) is 0 Å². The molecule has 0 spiro atoms. The van der Waals surface area contributed by atoms with Gasteiger partial charge in [0.1, 0.15) is 12.0 Å². The number of benzene rings is 1. The Balaban J connectivity index is 1.48. The molecule has 1 fully saturated rings. The summed E-state index contributed by atoms with van der Waals surface area (Å²) in [4.78, 5) is 12.1. The molecular weight excluding hydrogens is 420 g/mol. The molecule has 9 nitrogen and oxygen atoms in total. The first kappa shape index (κ1) is 21.7. The highest BCUT2D eigenvalue weighted by Crippen LogP contribution is 2.32. The molecule has 4 heterocycles. The summed E-state index contributed by atoms with van der Waals surface area (Å²) in [5.74, 6) is 1.95. The summed E-state index contributed by atoms with van der Waals surface area (Å²) in [5, 5.41) is 5.74. The molecule has 1 aliphatic heterocycles. The van der Waals surface area contributed by atoms with Crippen LogP contribution in [0.15, 0.2) is 24.5 Å². The maximum atomic E-state index is 5.46. The van der Waals surface area contributed by atoms with Crippen molar-refractivity contribution in [2.45, 2.75) is 26.8 Å². The molecule has 33 heavy (non-hydrogen) atoms. The maximum Gasteiger partial charge on any atom is 0.182 e. The van der Waals surface area contributed by atoms with E-state index >= 15 is 0 Å². The molecule has 0 unspecified atom stereocenters. The van der Waals surface area contributed by atoms with Crippen LogP contribution in [0.1, 0.15) is 17.7 Å². The van der Waals surface area contributed by atoms with E-state index in [2.05, 4.69) is 28.4 Å². The number of hydrogen-bond donors (Lipinski definition) is 0. The van der Waals surface area contributed by atoms with Crippen LogP contribution >= 0.6 is 0 Å². The van der Waals surface area contributed by atoms with Gasteiger partial charge < -0.3 is 18.8 Å². The van der Waals surface area contributed by atoms with E-state index < -0.39 is 0 Å². The molecule has 0 saturated carbocycles. The first-order chi connectivity index (χ1) is 16.1. The fourth-order valence-electron chi connectivity index (χ4n) is 4.58. The van der Waals surface area contributed by atoms with Gasteiger partial charge in [0.2, 0.25) is 0 Å². The molecule has 0 aliphatic carbocycles. The quantitative estimate of drug-likeness (QED) is 0.428. The Labute approximate surface area is 192 Å². The van der Waals surface area contributed by atoms with E-state index in [0.29, 0.717) is 17.3 Å². The first-order valence-electron chi connectivity index (χ1n) is 11.3. The van der Waals surface area contributed by atoms with Crippen LogP contribution in [0.2, 0.25) is 0 Å². The number of ether oxygens (including phenoxy) is 3. The number of hydrogen-bond acceptors (Lipinski definition) is 7. The third kappa shape index (κ3) is 3.91. The zero-order chi connectivity index (χ0) is 22.9. The van der Waals surface area contributed by atoms with Crippen molar-refractivity contribution in [3.63, 3.8) is 0 Å². The number of methoxy groups -OCH3 is 2.